The van der Waals surface area contributed by atoms with E-state index in [4.69, 9.17) is 11.6 Å². The average molecular weight is 369 g/mol. The fourth-order valence-electron chi connectivity index (χ4n) is 2.65. The predicted octanol–water partition coefficient (Wildman–Crippen LogP) is 4.42. The third kappa shape index (κ3) is 4.11. The maximum atomic E-state index is 12.7. The zero-order chi connectivity index (χ0) is 18.9. The monoisotopic (exact) mass is 368 g/mol. The molecule has 0 aliphatic heterocycles. The van der Waals surface area contributed by atoms with E-state index in [1.165, 1.54) is 0 Å². The highest BCUT2D eigenvalue weighted by Crippen LogP contribution is 2.26. The van der Waals surface area contributed by atoms with E-state index in [9.17, 15) is 4.79 Å². The van der Waals surface area contributed by atoms with Gasteiger partial charge >= 0.3 is 0 Å². The van der Waals surface area contributed by atoms with Crippen LogP contribution >= 0.6 is 11.6 Å². The zero-order valence-electron chi connectivity index (χ0n) is 15.2. The third-order valence-corrected chi connectivity index (χ3v) is 4.09. The molecule has 134 valence electrons. The summed E-state index contributed by atoms with van der Waals surface area (Å²) in [7, 11) is 0. The Labute approximate surface area is 158 Å². The summed E-state index contributed by atoms with van der Waals surface area (Å²) in [5.74, 6) is 0.626. The summed E-state index contributed by atoms with van der Waals surface area (Å²) in [6, 6.07) is 13.3. The van der Waals surface area contributed by atoms with Crippen molar-refractivity contribution in [3.05, 3.63) is 65.2 Å². The highest BCUT2D eigenvalue weighted by molar-refractivity contribution is 6.30. The van der Waals surface area contributed by atoms with E-state index in [0.29, 0.717) is 10.6 Å². The number of amides is 1. The van der Waals surface area contributed by atoms with Gasteiger partial charge in [0.15, 0.2) is 0 Å². The summed E-state index contributed by atoms with van der Waals surface area (Å²) in [6.45, 7) is 7.74. The summed E-state index contributed by atoms with van der Waals surface area (Å²) in [5.41, 5.74) is 2.99. The Kier molecular flexibility index (Phi) is 4.83. The van der Waals surface area contributed by atoms with Crippen LogP contribution < -0.4 is 5.32 Å². The fourth-order valence-corrected chi connectivity index (χ4v) is 2.78. The lowest BCUT2D eigenvalue weighted by atomic mass is 10.0. The molecule has 0 unspecified atom stereocenters. The minimum atomic E-state index is -0.319. The molecule has 0 radical (unpaired) electrons. The average Bonchev–Trinajstić information content (AvgIpc) is 2.99. The van der Waals surface area contributed by atoms with Crippen molar-refractivity contribution in [1.29, 1.82) is 0 Å². The van der Waals surface area contributed by atoms with Crippen LogP contribution in [0.2, 0.25) is 5.02 Å². The van der Waals surface area contributed by atoms with Crippen LogP contribution in [0.1, 0.15) is 37.0 Å². The van der Waals surface area contributed by atoms with Gasteiger partial charge in [0.2, 0.25) is 0 Å². The molecule has 0 bridgehead atoms. The Morgan fingerprint density at radius 2 is 1.77 bits per heavy atom. The molecule has 1 amide bonds. The molecule has 26 heavy (non-hydrogen) atoms. The molecule has 0 saturated carbocycles. The normalized spacial score (nSPS) is 11.4. The van der Waals surface area contributed by atoms with Crippen LogP contribution in [-0.4, -0.2) is 26.2 Å². The SMILES string of the molecule is Cc1nncn1-c1cc(C(=O)NC(C)(C)C)cc(-c2ccc(Cl)cc2)c1. The van der Waals surface area contributed by atoms with Crippen LogP contribution in [0, 0.1) is 6.92 Å². The van der Waals surface area contributed by atoms with Gasteiger partial charge in [-0.1, -0.05) is 23.7 Å². The fraction of sp³-hybridized carbons (Fsp3) is 0.250. The molecule has 1 heterocycles. The van der Waals surface area contributed by atoms with Crippen molar-refractivity contribution in [2.75, 3.05) is 0 Å². The number of aryl methyl sites for hydroxylation is 1. The lowest BCUT2D eigenvalue weighted by Gasteiger charge is -2.21. The van der Waals surface area contributed by atoms with Crippen molar-refractivity contribution < 1.29 is 4.79 Å². The summed E-state index contributed by atoms with van der Waals surface area (Å²) in [4.78, 5) is 12.7. The zero-order valence-corrected chi connectivity index (χ0v) is 16.0. The van der Waals surface area contributed by atoms with Crippen LogP contribution in [0.3, 0.4) is 0 Å². The second kappa shape index (κ2) is 6.92. The van der Waals surface area contributed by atoms with E-state index < -0.39 is 0 Å². The van der Waals surface area contributed by atoms with Gasteiger partial charge in [-0.15, -0.1) is 10.2 Å². The summed E-state index contributed by atoms with van der Waals surface area (Å²) < 4.78 is 1.85. The topological polar surface area (TPSA) is 59.8 Å². The van der Waals surface area contributed by atoms with E-state index in [-0.39, 0.29) is 11.4 Å². The van der Waals surface area contributed by atoms with Crippen molar-refractivity contribution in [3.63, 3.8) is 0 Å². The Balaban J connectivity index is 2.12. The minimum Gasteiger partial charge on any atom is -0.347 e. The van der Waals surface area contributed by atoms with Crippen LogP contribution in [-0.2, 0) is 0 Å². The van der Waals surface area contributed by atoms with Crippen molar-refractivity contribution in [1.82, 2.24) is 20.1 Å². The molecule has 2 aromatic carbocycles. The molecular weight excluding hydrogens is 348 g/mol. The minimum absolute atomic E-state index is 0.125. The second-order valence-electron chi connectivity index (χ2n) is 7.23. The van der Waals surface area contributed by atoms with Crippen LogP contribution in [0.5, 0.6) is 0 Å². The van der Waals surface area contributed by atoms with Gasteiger partial charge in [-0.2, -0.15) is 0 Å². The number of nitrogens with zero attached hydrogens (tertiary/aromatic N) is 3. The smallest absolute Gasteiger partial charge is 0.251 e. The molecule has 1 N–H and O–H groups in total. The summed E-state index contributed by atoms with van der Waals surface area (Å²) in [5, 5.41) is 11.7. The Hall–Kier alpha value is -2.66. The standard InChI is InChI=1S/C20H21ClN4O/c1-13-24-22-12-25(13)18-10-15(14-5-7-17(21)8-6-14)9-16(11-18)19(26)23-20(2,3)4/h5-12H,1-4H3,(H,23,26). The molecule has 3 aromatic rings. The number of nitrogens with one attached hydrogen (secondary N) is 1. The number of hydrogen-bond acceptors (Lipinski definition) is 3. The first-order chi connectivity index (χ1) is 12.2. The first-order valence-electron chi connectivity index (χ1n) is 8.33. The lowest BCUT2D eigenvalue weighted by Crippen LogP contribution is -2.40. The summed E-state index contributed by atoms with van der Waals surface area (Å²) >= 11 is 6.00. The molecule has 6 heteroatoms. The van der Waals surface area contributed by atoms with Crippen LogP contribution in [0.25, 0.3) is 16.8 Å². The number of rotatable bonds is 3. The number of carbonyl (C=O) groups excluding carboxylic acids is 1. The quantitative estimate of drug-likeness (QED) is 0.744. The number of halogens is 1. The van der Waals surface area contributed by atoms with E-state index in [1.807, 2.05) is 74.7 Å². The Morgan fingerprint density at radius 1 is 1.08 bits per heavy atom. The van der Waals surface area contributed by atoms with Crippen molar-refractivity contribution in [2.24, 2.45) is 0 Å². The highest BCUT2D eigenvalue weighted by Gasteiger charge is 2.17. The Bertz CT molecular complexity index is 939. The molecule has 0 aliphatic rings. The number of benzene rings is 2. The van der Waals surface area contributed by atoms with Gasteiger partial charge in [-0.3, -0.25) is 9.36 Å². The third-order valence-electron chi connectivity index (χ3n) is 3.84. The van der Waals surface area contributed by atoms with Crippen molar-refractivity contribution in [3.8, 4) is 16.8 Å². The van der Waals surface area contributed by atoms with Gasteiger partial charge in [0.25, 0.3) is 5.91 Å². The van der Waals surface area contributed by atoms with E-state index in [2.05, 4.69) is 15.5 Å². The van der Waals surface area contributed by atoms with Gasteiger partial charge in [0, 0.05) is 21.8 Å². The van der Waals surface area contributed by atoms with E-state index in [1.54, 1.807) is 6.33 Å². The van der Waals surface area contributed by atoms with Crippen molar-refractivity contribution in [2.45, 2.75) is 33.2 Å². The molecule has 1 aromatic heterocycles. The lowest BCUT2D eigenvalue weighted by molar-refractivity contribution is 0.0919. The van der Waals surface area contributed by atoms with Gasteiger partial charge in [-0.25, -0.2) is 0 Å². The first kappa shape index (κ1) is 18.1. The van der Waals surface area contributed by atoms with Gasteiger partial charge in [0.05, 0.1) is 0 Å². The van der Waals surface area contributed by atoms with E-state index >= 15 is 0 Å². The van der Waals surface area contributed by atoms with Crippen LogP contribution in [0.15, 0.2) is 48.8 Å². The van der Waals surface area contributed by atoms with E-state index in [0.717, 1.165) is 22.6 Å². The molecule has 3 rings (SSSR count). The maximum Gasteiger partial charge on any atom is 0.251 e. The maximum absolute atomic E-state index is 12.7. The van der Waals surface area contributed by atoms with Crippen LogP contribution in [0.4, 0.5) is 0 Å². The molecular formula is C20H21ClN4O. The van der Waals surface area contributed by atoms with Gasteiger partial charge < -0.3 is 5.32 Å². The first-order valence-corrected chi connectivity index (χ1v) is 8.71. The molecule has 0 aliphatic carbocycles. The molecule has 0 atom stereocenters. The number of carbonyl (C=O) groups is 1. The largest absolute Gasteiger partial charge is 0.347 e. The number of hydrogen-bond donors (Lipinski definition) is 1. The molecule has 0 spiro atoms. The summed E-state index contributed by atoms with van der Waals surface area (Å²) in [6.07, 6.45) is 1.64. The molecule has 0 fully saturated rings. The van der Waals surface area contributed by atoms with Crippen molar-refractivity contribution >= 4 is 17.5 Å². The van der Waals surface area contributed by atoms with Gasteiger partial charge in [-0.05, 0) is 69.2 Å². The highest BCUT2D eigenvalue weighted by atomic mass is 35.5. The molecule has 0 saturated heterocycles. The number of aromatic nitrogens is 3. The molecule has 5 nitrogen and oxygen atoms in total. The Morgan fingerprint density at radius 3 is 2.35 bits per heavy atom. The van der Waals surface area contributed by atoms with Gasteiger partial charge in [0.1, 0.15) is 12.2 Å². The predicted molar refractivity (Wildman–Crippen MR) is 104 cm³/mol. The second-order valence-corrected chi connectivity index (χ2v) is 7.66.